The minimum atomic E-state index is -0.685. The normalized spacial score (nSPS) is 17.8. The van der Waals surface area contributed by atoms with Crippen molar-refractivity contribution in [2.45, 2.75) is 96.2 Å². The Labute approximate surface area is 394 Å². The number of nitrogens with zero attached hydrogens (tertiary/aromatic N) is 7. The number of carbonyl (C=O) groups is 2. The van der Waals surface area contributed by atoms with E-state index in [0.29, 0.717) is 70.8 Å². The first-order valence-electron chi connectivity index (χ1n) is 24.9. The number of amides is 2. The Balaban J connectivity index is 0.648. The van der Waals surface area contributed by atoms with E-state index in [0.717, 1.165) is 99.6 Å². The van der Waals surface area contributed by atoms with Crippen molar-refractivity contribution >= 4 is 39.8 Å². The lowest BCUT2D eigenvalue weighted by atomic mass is 9.95. The molecule has 5 aromatic rings. The maximum atomic E-state index is 13.0. The molecule has 3 fully saturated rings. The number of hydrogen-bond acceptors (Lipinski definition) is 12. The molecule has 2 aliphatic heterocycles. The Morgan fingerprint density at radius 1 is 0.761 bits per heavy atom. The van der Waals surface area contributed by atoms with Gasteiger partial charge in [-0.1, -0.05) is 62.9 Å². The summed E-state index contributed by atoms with van der Waals surface area (Å²) in [7, 11) is 1.71. The van der Waals surface area contributed by atoms with Crippen LogP contribution in [0.15, 0.2) is 59.7 Å². The number of nitrogens with one attached hydrogen (secondary N) is 2. The minimum absolute atomic E-state index is 0.219. The van der Waals surface area contributed by atoms with E-state index in [1.54, 1.807) is 11.6 Å². The predicted octanol–water partition coefficient (Wildman–Crippen LogP) is 6.26. The Morgan fingerprint density at radius 3 is 2.16 bits per heavy atom. The summed E-state index contributed by atoms with van der Waals surface area (Å²) in [4.78, 5) is 51.9. The lowest BCUT2D eigenvalue weighted by Crippen LogP contribution is -2.46. The number of benzene rings is 2. The maximum Gasteiger partial charge on any atom is 0.329 e. The van der Waals surface area contributed by atoms with E-state index >= 15 is 0 Å². The minimum Gasteiger partial charge on any atom is -0.379 e. The van der Waals surface area contributed by atoms with Gasteiger partial charge in [0.2, 0.25) is 17.8 Å². The molecule has 16 heteroatoms. The molecule has 2 saturated heterocycles. The molecular formula is C51H71N9O7. The van der Waals surface area contributed by atoms with Gasteiger partial charge in [0.1, 0.15) is 11.7 Å². The molecule has 16 nitrogen and oxygen atoms in total. The highest BCUT2D eigenvalue weighted by Gasteiger charge is 2.31. The third kappa shape index (κ3) is 12.8. The maximum absolute atomic E-state index is 13.0. The number of hydrogen-bond donors (Lipinski definition) is 2. The van der Waals surface area contributed by atoms with Crippen molar-refractivity contribution in [1.29, 1.82) is 0 Å². The molecule has 67 heavy (non-hydrogen) atoms. The Kier molecular flexibility index (Phi) is 17.6. The molecule has 1 atom stereocenters. The molecule has 1 aliphatic carbocycles. The van der Waals surface area contributed by atoms with Crippen LogP contribution in [-0.2, 0) is 48.5 Å². The number of rotatable bonds is 25. The molecule has 0 unspecified atom stereocenters. The smallest absolute Gasteiger partial charge is 0.329 e. The number of carbonyl (C=O) groups excluding carboxylic acids is 2. The summed E-state index contributed by atoms with van der Waals surface area (Å²) < 4.78 is 28.5. The Bertz CT molecular complexity index is 2430. The number of imidazole rings is 1. The van der Waals surface area contributed by atoms with E-state index in [2.05, 4.69) is 62.4 Å². The summed E-state index contributed by atoms with van der Waals surface area (Å²) >= 11 is 0. The number of fused-ring (bicyclic) bond motifs is 2. The zero-order valence-corrected chi connectivity index (χ0v) is 39.7. The van der Waals surface area contributed by atoms with Crippen molar-refractivity contribution in [3.8, 4) is 11.1 Å². The second kappa shape index (κ2) is 24.4. The van der Waals surface area contributed by atoms with Crippen molar-refractivity contribution in [3.63, 3.8) is 0 Å². The Morgan fingerprint density at radius 2 is 1.45 bits per heavy atom. The average Bonchev–Trinajstić information content (AvgIpc) is 3.84. The first-order valence-corrected chi connectivity index (χ1v) is 24.9. The molecule has 3 aromatic heterocycles. The highest BCUT2D eigenvalue weighted by molar-refractivity contribution is 6.00. The second-order valence-corrected chi connectivity index (χ2v) is 18.3. The van der Waals surface area contributed by atoms with Gasteiger partial charge in [0, 0.05) is 95.3 Å². The summed E-state index contributed by atoms with van der Waals surface area (Å²) in [6, 6.07) is 14.8. The van der Waals surface area contributed by atoms with Gasteiger partial charge in [0.25, 0.3) is 0 Å². The zero-order chi connectivity index (χ0) is 46.4. The van der Waals surface area contributed by atoms with E-state index in [9.17, 15) is 14.4 Å². The number of imide groups is 1. The third-order valence-corrected chi connectivity index (χ3v) is 13.6. The summed E-state index contributed by atoms with van der Waals surface area (Å²) in [6.45, 7) is 13.6. The van der Waals surface area contributed by atoms with Gasteiger partial charge in [-0.25, -0.2) is 9.78 Å². The van der Waals surface area contributed by atoms with Crippen LogP contribution in [0.4, 0.5) is 5.95 Å². The van der Waals surface area contributed by atoms with Crippen LogP contribution in [0, 0.1) is 0 Å². The fourth-order valence-electron chi connectivity index (χ4n) is 9.71. The van der Waals surface area contributed by atoms with Crippen molar-refractivity contribution in [3.05, 3.63) is 76.5 Å². The number of unbranched alkanes of at least 4 members (excludes halogenated alkanes) is 1. The number of ether oxygens (including phenoxy) is 4. The van der Waals surface area contributed by atoms with Crippen molar-refractivity contribution in [1.82, 2.24) is 38.8 Å². The van der Waals surface area contributed by atoms with Crippen molar-refractivity contribution in [2.24, 2.45) is 7.05 Å². The van der Waals surface area contributed by atoms with Crippen LogP contribution in [0.1, 0.15) is 94.3 Å². The van der Waals surface area contributed by atoms with Crippen LogP contribution in [0.2, 0.25) is 0 Å². The second-order valence-electron chi connectivity index (χ2n) is 18.3. The summed E-state index contributed by atoms with van der Waals surface area (Å²) in [5, 5.41) is 6.92. The summed E-state index contributed by atoms with van der Waals surface area (Å²) in [5.74, 6) is 0.000166. The average molecular weight is 922 g/mol. The van der Waals surface area contributed by atoms with Crippen LogP contribution in [-0.4, -0.2) is 137 Å². The van der Waals surface area contributed by atoms with Gasteiger partial charge in [-0.3, -0.25) is 33.8 Å². The molecule has 0 bridgehead atoms. The molecule has 2 aromatic carbocycles. The van der Waals surface area contributed by atoms with Gasteiger partial charge < -0.3 is 28.8 Å². The molecule has 362 valence electrons. The number of piperazine rings is 1. The molecule has 5 heterocycles. The molecule has 3 aliphatic rings. The fourth-order valence-corrected chi connectivity index (χ4v) is 9.71. The molecule has 2 N–H and O–H groups in total. The number of anilines is 1. The predicted molar refractivity (Wildman–Crippen MR) is 260 cm³/mol. The summed E-state index contributed by atoms with van der Waals surface area (Å²) in [6.07, 6.45) is 15.1. The van der Waals surface area contributed by atoms with E-state index < -0.39 is 11.9 Å². The number of aromatic nitrogens is 5. The zero-order valence-electron chi connectivity index (χ0n) is 39.7. The summed E-state index contributed by atoms with van der Waals surface area (Å²) in [5.41, 5.74) is 7.12. The highest BCUT2D eigenvalue weighted by Crippen LogP contribution is 2.37. The number of piperidine rings is 1. The van der Waals surface area contributed by atoms with Gasteiger partial charge in [-0.15, -0.1) is 0 Å². The molecule has 1 saturated carbocycles. The molecule has 2 amide bonds. The van der Waals surface area contributed by atoms with Crippen LogP contribution in [0.25, 0.3) is 33.2 Å². The largest absolute Gasteiger partial charge is 0.379 e. The molecule has 0 radical (unpaired) electrons. The third-order valence-electron chi connectivity index (χ3n) is 13.6. The van der Waals surface area contributed by atoms with E-state index in [-0.39, 0.29) is 18.0 Å². The van der Waals surface area contributed by atoms with E-state index in [1.165, 1.54) is 53.4 Å². The Hall–Kier alpha value is -4.97. The van der Waals surface area contributed by atoms with Crippen molar-refractivity contribution < 1.29 is 28.5 Å². The number of aryl methyl sites for hydroxylation is 2. The SMILES string of the molecule is CCCCNc1ncc2c(-c3ccc(CN4CCN(CCOCCOCCOCCOCCCc5ccc6c(c5)n(C)c(=O)n6[C@H]5CCC(=O)NC5=O)CC4)cc3)cn(C3CCCCC3)c2n1. The fraction of sp³-hybridized carbons (Fsp3) is 0.588. The standard InChI is InChI=1S/C51H71N9O7/c1-3-4-20-52-50-53-35-42-43(37-59(48(42)55-50)41-10-6-5-7-11-41)40-15-12-39(13-16-40)36-58-23-21-57(22-24-58)25-27-65-29-31-67-33-32-66-30-28-64-26-8-9-38-14-17-44-46(34-38)56(2)51(63)60(44)45-18-19-47(61)54-49(45)62/h12-17,34-35,37,41,45H,3-11,18-33,36H2,1-2H3,(H,52,53,55)(H,54,61,62)/t45-/m0/s1. The van der Waals surface area contributed by atoms with Gasteiger partial charge >= 0.3 is 5.69 Å². The topological polar surface area (TPSA) is 159 Å². The van der Waals surface area contributed by atoms with Gasteiger partial charge in [0.05, 0.1) is 57.3 Å². The van der Waals surface area contributed by atoms with Crippen LogP contribution < -0.4 is 16.3 Å². The van der Waals surface area contributed by atoms with Crippen LogP contribution in [0.5, 0.6) is 0 Å². The van der Waals surface area contributed by atoms with E-state index in [1.807, 2.05) is 24.4 Å². The monoisotopic (exact) mass is 922 g/mol. The van der Waals surface area contributed by atoms with Gasteiger partial charge in [-0.2, -0.15) is 4.98 Å². The quantitative estimate of drug-likeness (QED) is 0.0501. The van der Waals surface area contributed by atoms with Crippen LogP contribution in [0.3, 0.4) is 0 Å². The molecule has 8 rings (SSSR count). The van der Waals surface area contributed by atoms with E-state index in [4.69, 9.17) is 28.9 Å². The highest BCUT2D eigenvalue weighted by atomic mass is 16.6. The first kappa shape index (κ1) is 48.5. The molecular weight excluding hydrogens is 851 g/mol. The lowest BCUT2D eigenvalue weighted by Gasteiger charge is -2.34. The van der Waals surface area contributed by atoms with Gasteiger partial charge in [0.15, 0.2) is 0 Å². The van der Waals surface area contributed by atoms with Crippen molar-refractivity contribution in [2.75, 3.05) is 97.4 Å². The first-order chi connectivity index (χ1) is 32.9. The molecule has 0 spiro atoms. The van der Waals surface area contributed by atoms with Gasteiger partial charge in [-0.05, 0) is 67.3 Å². The lowest BCUT2D eigenvalue weighted by molar-refractivity contribution is -0.135. The van der Waals surface area contributed by atoms with Crippen LogP contribution >= 0.6 is 0 Å².